The molecule has 0 amide bonds. The highest BCUT2D eigenvalue weighted by Gasteiger charge is 2.27. The van der Waals surface area contributed by atoms with Crippen LogP contribution in [0.1, 0.15) is 22.6 Å². The molecule has 1 aliphatic rings. The molecule has 0 saturated carbocycles. The Kier molecular flexibility index (Phi) is 6.02. The molecule has 1 heterocycles. The van der Waals surface area contributed by atoms with Crippen molar-refractivity contribution in [3.63, 3.8) is 0 Å². The van der Waals surface area contributed by atoms with Crippen LogP contribution in [0.5, 0.6) is 0 Å². The van der Waals surface area contributed by atoms with Gasteiger partial charge in [-0.15, -0.1) is 0 Å². The van der Waals surface area contributed by atoms with Crippen LogP contribution >= 0.6 is 0 Å². The van der Waals surface area contributed by atoms with Gasteiger partial charge in [-0.1, -0.05) is 146 Å². The molecule has 1 nitrogen and oxygen atoms in total. The average Bonchev–Trinajstić information content (AvgIpc) is 3.11. The zero-order valence-corrected chi connectivity index (χ0v) is 24.9. The van der Waals surface area contributed by atoms with Crippen molar-refractivity contribution in [2.75, 3.05) is 4.90 Å². The fourth-order valence-electron chi connectivity index (χ4n) is 7.42. The van der Waals surface area contributed by atoms with Gasteiger partial charge in [0.05, 0.1) is 11.4 Å². The Morgan fingerprint density at radius 2 is 1.11 bits per heavy atom. The van der Waals surface area contributed by atoms with Gasteiger partial charge in [-0.05, 0) is 79.9 Å². The van der Waals surface area contributed by atoms with Crippen molar-refractivity contribution in [3.8, 4) is 11.1 Å². The highest BCUT2D eigenvalue weighted by Crippen LogP contribution is 2.53. The summed E-state index contributed by atoms with van der Waals surface area (Å²) in [6, 6.07) is 62.5. The SMILES string of the molecule is c1ccc(C(Cc2ccc3ccccc3c2)c2ccc(N3c4ccc5ccccc5c4-c4cccc5cccc3c45)cc2)cc1. The Hall–Kier alpha value is -5.66. The number of fused-ring (bicyclic) bond motifs is 5. The molecule has 45 heavy (non-hydrogen) atoms. The highest BCUT2D eigenvalue weighted by molar-refractivity contribution is 6.19. The molecule has 0 N–H and O–H groups in total. The molecule has 0 saturated heterocycles. The second-order valence-corrected chi connectivity index (χ2v) is 12.1. The van der Waals surface area contributed by atoms with Crippen molar-refractivity contribution in [2.45, 2.75) is 12.3 Å². The van der Waals surface area contributed by atoms with E-state index in [9.17, 15) is 0 Å². The van der Waals surface area contributed by atoms with Crippen molar-refractivity contribution in [1.29, 1.82) is 0 Å². The van der Waals surface area contributed by atoms with Crippen LogP contribution in [0.2, 0.25) is 0 Å². The van der Waals surface area contributed by atoms with Crippen molar-refractivity contribution >= 4 is 49.4 Å². The molecule has 8 aromatic rings. The second-order valence-electron chi connectivity index (χ2n) is 12.1. The predicted molar refractivity (Wildman–Crippen MR) is 191 cm³/mol. The Bertz CT molecular complexity index is 2350. The van der Waals surface area contributed by atoms with Gasteiger partial charge in [-0.3, -0.25) is 0 Å². The maximum atomic E-state index is 2.46. The second kappa shape index (κ2) is 10.5. The topological polar surface area (TPSA) is 3.24 Å². The van der Waals surface area contributed by atoms with Crippen LogP contribution < -0.4 is 4.90 Å². The number of hydrogen-bond acceptors (Lipinski definition) is 1. The molecule has 0 bridgehead atoms. The third-order valence-corrected chi connectivity index (χ3v) is 9.55. The quantitative estimate of drug-likeness (QED) is 0.198. The minimum atomic E-state index is 0.253. The third-order valence-electron chi connectivity index (χ3n) is 9.55. The first-order valence-corrected chi connectivity index (χ1v) is 15.8. The molecule has 1 unspecified atom stereocenters. The lowest BCUT2D eigenvalue weighted by atomic mass is 9.85. The van der Waals surface area contributed by atoms with Crippen LogP contribution in [-0.2, 0) is 6.42 Å². The lowest BCUT2D eigenvalue weighted by Crippen LogP contribution is -2.15. The number of rotatable bonds is 5. The van der Waals surface area contributed by atoms with Crippen LogP contribution in [0.15, 0.2) is 170 Å². The fourth-order valence-corrected chi connectivity index (χ4v) is 7.42. The normalized spacial score (nSPS) is 12.8. The molecule has 9 rings (SSSR count). The summed E-state index contributed by atoms with van der Waals surface area (Å²) >= 11 is 0. The summed E-state index contributed by atoms with van der Waals surface area (Å²) in [5.41, 5.74) is 10.3. The van der Waals surface area contributed by atoms with Crippen molar-refractivity contribution in [3.05, 3.63) is 187 Å². The molecular formula is C44H31N. The van der Waals surface area contributed by atoms with E-state index in [-0.39, 0.29) is 5.92 Å². The minimum absolute atomic E-state index is 0.253. The summed E-state index contributed by atoms with van der Waals surface area (Å²) in [6.07, 6.45) is 0.944. The molecule has 212 valence electrons. The van der Waals surface area contributed by atoms with Crippen molar-refractivity contribution < 1.29 is 0 Å². The van der Waals surface area contributed by atoms with Gasteiger partial charge in [0.1, 0.15) is 0 Å². The van der Waals surface area contributed by atoms with Gasteiger partial charge in [0, 0.05) is 22.6 Å². The minimum Gasteiger partial charge on any atom is -0.309 e. The molecule has 0 aliphatic carbocycles. The summed E-state index contributed by atoms with van der Waals surface area (Å²) in [5, 5.41) is 7.72. The van der Waals surface area contributed by atoms with Crippen LogP contribution in [0.3, 0.4) is 0 Å². The summed E-state index contributed by atoms with van der Waals surface area (Å²) < 4.78 is 0. The number of nitrogens with zero attached hydrogens (tertiary/aromatic N) is 1. The highest BCUT2D eigenvalue weighted by atomic mass is 15.2. The van der Waals surface area contributed by atoms with Crippen molar-refractivity contribution in [1.82, 2.24) is 0 Å². The molecule has 8 aromatic carbocycles. The molecule has 1 aliphatic heterocycles. The Morgan fingerprint density at radius 1 is 0.444 bits per heavy atom. The van der Waals surface area contributed by atoms with E-state index in [1.807, 2.05) is 0 Å². The van der Waals surface area contributed by atoms with E-state index in [0.717, 1.165) is 6.42 Å². The van der Waals surface area contributed by atoms with E-state index in [1.54, 1.807) is 0 Å². The number of anilines is 3. The Morgan fingerprint density at radius 3 is 1.96 bits per heavy atom. The Labute approximate surface area is 263 Å². The van der Waals surface area contributed by atoms with E-state index in [4.69, 9.17) is 0 Å². The van der Waals surface area contributed by atoms with Gasteiger partial charge in [-0.2, -0.15) is 0 Å². The molecule has 0 fully saturated rings. The van der Waals surface area contributed by atoms with E-state index in [0.29, 0.717) is 0 Å². The fraction of sp³-hybridized carbons (Fsp3) is 0.0455. The molecular weight excluding hydrogens is 542 g/mol. The number of hydrogen-bond donors (Lipinski definition) is 0. The summed E-state index contributed by atoms with van der Waals surface area (Å²) in [7, 11) is 0. The summed E-state index contributed by atoms with van der Waals surface area (Å²) in [6.45, 7) is 0. The van der Waals surface area contributed by atoms with Crippen LogP contribution in [0.25, 0.3) is 43.4 Å². The molecule has 1 heteroatoms. The van der Waals surface area contributed by atoms with Crippen LogP contribution in [0, 0.1) is 0 Å². The van der Waals surface area contributed by atoms with E-state index < -0.39 is 0 Å². The lowest BCUT2D eigenvalue weighted by molar-refractivity contribution is 0.806. The van der Waals surface area contributed by atoms with Crippen molar-refractivity contribution in [2.24, 2.45) is 0 Å². The summed E-state index contributed by atoms with van der Waals surface area (Å²) in [5.74, 6) is 0.253. The largest absolute Gasteiger partial charge is 0.309 e. The van der Waals surface area contributed by atoms with E-state index in [1.165, 1.54) is 77.2 Å². The maximum absolute atomic E-state index is 2.46. The molecule has 0 spiro atoms. The smallest absolute Gasteiger partial charge is 0.0547 e. The molecule has 0 aromatic heterocycles. The third kappa shape index (κ3) is 4.31. The maximum Gasteiger partial charge on any atom is 0.0547 e. The summed E-state index contributed by atoms with van der Waals surface area (Å²) in [4.78, 5) is 2.46. The van der Waals surface area contributed by atoms with Gasteiger partial charge in [0.15, 0.2) is 0 Å². The van der Waals surface area contributed by atoms with Gasteiger partial charge in [0.2, 0.25) is 0 Å². The van der Waals surface area contributed by atoms with Gasteiger partial charge >= 0.3 is 0 Å². The first-order valence-electron chi connectivity index (χ1n) is 15.8. The van der Waals surface area contributed by atoms with Crippen LogP contribution in [-0.4, -0.2) is 0 Å². The monoisotopic (exact) mass is 573 g/mol. The Balaban J connectivity index is 1.17. The first kappa shape index (κ1) is 25.8. The predicted octanol–water partition coefficient (Wildman–Crippen LogP) is 12.0. The lowest BCUT2D eigenvalue weighted by Gasteiger charge is -2.34. The zero-order chi connectivity index (χ0) is 29.7. The standard InChI is InChI=1S/C44H31N/c1-2-11-32(12-3-1)40(29-30-20-21-31-10-4-5-14-36(31)28-30)34-22-25-37(26-23-34)45-41-19-9-16-35-15-8-18-39(43(35)41)44-38-17-7-6-13-33(38)24-27-42(44)45/h1-28,40H,29H2. The van der Waals surface area contributed by atoms with Gasteiger partial charge in [0.25, 0.3) is 0 Å². The van der Waals surface area contributed by atoms with Gasteiger partial charge in [-0.25, -0.2) is 0 Å². The van der Waals surface area contributed by atoms with E-state index in [2.05, 4.69) is 175 Å². The molecule has 1 atom stereocenters. The van der Waals surface area contributed by atoms with Crippen LogP contribution in [0.4, 0.5) is 17.1 Å². The molecule has 0 radical (unpaired) electrons. The first-order chi connectivity index (χ1) is 22.3. The van der Waals surface area contributed by atoms with E-state index >= 15 is 0 Å². The average molecular weight is 574 g/mol. The zero-order valence-electron chi connectivity index (χ0n) is 24.9. The number of benzene rings is 8. The van der Waals surface area contributed by atoms with Gasteiger partial charge < -0.3 is 4.90 Å².